The van der Waals surface area contributed by atoms with Crippen LogP contribution >= 0.6 is 11.6 Å². The summed E-state index contributed by atoms with van der Waals surface area (Å²) in [4.78, 5) is 16.9. The van der Waals surface area contributed by atoms with E-state index in [2.05, 4.69) is 33.9 Å². The smallest absolute Gasteiger partial charge is 0.322 e. The lowest BCUT2D eigenvalue weighted by atomic mass is 9.75. The van der Waals surface area contributed by atoms with Crippen molar-refractivity contribution in [2.75, 3.05) is 32.6 Å². The lowest BCUT2D eigenvalue weighted by molar-refractivity contribution is 0.0679. The maximum absolute atomic E-state index is 5.98. The lowest BCUT2D eigenvalue weighted by Gasteiger charge is -2.49. The molecule has 0 unspecified atom stereocenters. The molecular formula is C14H24ClN5O. The van der Waals surface area contributed by atoms with Gasteiger partial charge < -0.3 is 14.5 Å². The van der Waals surface area contributed by atoms with Gasteiger partial charge in [0.05, 0.1) is 6.10 Å². The van der Waals surface area contributed by atoms with Gasteiger partial charge in [-0.25, -0.2) is 0 Å². The molecule has 0 bridgehead atoms. The number of anilines is 1. The minimum Gasteiger partial charge on any atom is -0.461 e. The number of likely N-dealkylation sites (N-methyl/N-ethyl adjacent to an activating group) is 2. The Kier molecular flexibility index (Phi) is 4.88. The summed E-state index contributed by atoms with van der Waals surface area (Å²) in [6.45, 7) is 4.72. The molecule has 7 heteroatoms. The van der Waals surface area contributed by atoms with Gasteiger partial charge in [-0.15, -0.1) is 0 Å². The molecule has 1 aromatic heterocycles. The molecule has 0 radical (unpaired) electrons. The second-order valence-corrected chi connectivity index (χ2v) is 6.52. The zero-order valence-corrected chi connectivity index (χ0v) is 14.2. The van der Waals surface area contributed by atoms with Crippen molar-refractivity contribution in [1.82, 2.24) is 19.9 Å². The van der Waals surface area contributed by atoms with Crippen molar-refractivity contribution in [3.05, 3.63) is 5.28 Å². The SMILES string of the molecule is CC(C)Oc1nc(Cl)nc(N(C)CC2(N(C)C)CCC2)n1. The van der Waals surface area contributed by atoms with Gasteiger partial charge in [0.1, 0.15) is 0 Å². The van der Waals surface area contributed by atoms with E-state index in [1.807, 2.05) is 25.8 Å². The molecule has 0 saturated heterocycles. The molecule has 0 N–H and O–H groups in total. The second-order valence-electron chi connectivity index (χ2n) is 6.18. The van der Waals surface area contributed by atoms with E-state index < -0.39 is 0 Å². The molecule has 1 aliphatic rings. The molecule has 0 aromatic carbocycles. The van der Waals surface area contributed by atoms with E-state index in [9.17, 15) is 0 Å². The van der Waals surface area contributed by atoms with Crippen molar-refractivity contribution < 1.29 is 4.74 Å². The monoisotopic (exact) mass is 313 g/mol. The molecule has 1 heterocycles. The maximum atomic E-state index is 5.98. The molecule has 118 valence electrons. The van der Waals surface area contributed by atoms with Gasteiger partial charge in [0.25, 0.3) is 0 Å². The number of hydrogen-bond acceptors (Lipinski definition) is 6. The minimum atomic E-state index is 0.00127. The lowest BCUT2D eigenvalue weighted by Crippen LogP contribution is -2.57. The predicted molar refractivity (Wildman–Crippen MR) is 84.1 cm³/mol. The number of ether oxygens (including phenoxy) is 1. The van der Waals surface area contributed by atoms with Crippen LogP contribution in [0.25, 0.3) is 0 Å². The van der Waals surface area contributed by atoms with E-state index in [0.717, 1.165) is 6.54 Å². The Morgan fingerprint density at radius 3 is 2.33 bits per heavy atom. The van der Waals surface area contributed by atoms with E-state index >= 15 is 0 Å². The first-order valence-electron chi connectivity index (χ1n) is 7.29. The number of halogens is 1. The Labute approximate surface area is 131 Å². The first-order valence-corrected chi connectivity index (χ1v) is 7.67. The molecule has 21 heavy (non-hydrogen) atoms. The van der Waals surface area contributed by atoms with E-state index in [1.54, 1.807) is 0 Å². The Balaban J connectivity index is 2.15. The van der Waals surface area contributed by atoms with Crippen molar-refractivity contribution in [3.63, 3.8) is 0 Å². The fourth-order valence-electron chi connectivity index (χ4n) is 2.60. The highest BCUT2D eigenvalue weighted by Crippen LogP contribution is 2.37. The standard InChI is InChI=1S/C14H24ClN5O/c1-10(2)21-13-17-11(15)16-12(18-13)20(5)9-14(19(3)4)7-6-8-14/h10H,6-9H2,1-5H3. The van der Waals surface area contributed by atoms with E-state index in [-0.39, 0.29) is 22.9 Å². The fourth-order valence-corrected chi connectivity index (χ4v) is 2.75. The van der Waals surface area contributed by atoms with Gasteiger partial charge in [0.15, 0.2) is 0 Å². The zero-order valence-electron chi connectivity index (χ0n) is 13.4. The van der Waals surface area contributed by atoms with E-state index in [4.69, 9.17) is 16.3 Å². The molecule has 0 amide bonds. The number of rotatable bonds is 6. The highest BCUT2D eigenvalue weighted by atomic mass is 35.5. The average molecular weight is 314 g/mol. The van der Waals surface area contributed by atoms with Gasteiger partial charge in [-0.1, -0.05) is 0 Å². The summed E-state index contributed by atoms with van der Waals surface area (Å²) in [5.74, 6) is 0.554. The van der Waals surface area contributed by atoms with Crippen LogP contribution in [0.3, 0.4) is 0 Å². The molecule has 1 aromatic rings. The van der Waals surface area contributed by atoms with Crippen LogP contribution in [0.2, 0.25) is 5.28 Å². The van der Waals surface area contributed by atoms with E-state index in [1.165, 1.54) is 19.3 Å². The van der Waals surface area contributed by atoms with Gasteiger partial charge in [-0.05, 0) is 58.8 Å². The third-order valence-electron chi connectivity index (χ3n) is 4.02. The van der Waals surface area contributed by atoms with Crippen LogP contribution in [0.4, 0.5) is 5.95 Å². The number of nitrogens with zero attached hydrogens (tertiary/aromatic N) is 5. The van der Waals surface area contributed by atoms with Crippen LogP contribution in [0.1, 0.15) is 33.1 Å². The van der Waals surface area contributed by atoms with Crippen molar-refractivity contribution in [2.24, 2.45) is 0 Å². The topological polar surface area (TPSA) is 54.4 Å². The van der Waals surface area contributed by atoms with Crippen LogP contribution in [0.15, 0.2) is 0 Å². The summed E-state index contributed by atoms with van der Waals surface area (Å²) in [6, 6.07) is 0.277. The van der Waals surface area contributed by atoms with Crippen LogP contribution in [0, 0.1) is 0 Å². The second kappa shape index (κ2) is 6.32. The first-order chi connectivity index (χ1) is 9.82. The molecule has 6 nitrogen and oxygen atoms in total. The highest BCUT2D eigenvalue weighted by molar-refractivity contribution is 6.28. The average Bonchev–Trinajstić information content (AvgIpc) is 2.31. The molecule has 1 aliphatic carbocycles. The number of hydrogen-bond donors (Lipinski definition) is 0. The third kappa shape index (κ3) is 3.74. The minimum absolute atomic E-state index is 0.00127. The Hall–Kier alpha value is -1.14. The van der Waals surface area contributed by atoms with Gasteiger partial charge in [0.2, 0.25) is 11.2 Å². The quantitative estimate of drug-likeness (QED) is 0.803. The summed E-state index contributed by atoms with van der Waals surface area (Å²) < 4.78 is 5.52. The summed E-state index contributed by atoms with van der Waals surface area (Å²) in [6.07, 6.45) is 3.66. The van der Waals surface area contributed by atoms with Crippen molar-refractivity contribution >= 4 is 17.5 Å². The summed E-state index contributed by atoms with van der Waals surface area (Å²) in [5.41, 5.74) is 0.201. The Morgan fingerprint density at radius 1 is 1.19 bits per heavy atom. The molecule has 1 fully saturated rings. The van der Waals surface area contributed by atoms with Crippen molar-refractivity contribution in [3.8, 4) is 6.01 Å². The highest BCUT2D eigenvalue weighted by Gasteiger charge is 2.40. The molecule has 0 spiro atoms. The Bertz CT molecular complexity index is 490. The summed E-state index contributed by atoms with van der Waals surface area (Å²) >= 11 is 5.98. The number of aromatic nitrogens is 3. The summed E-state index contributed by atoms with van der Waals surface area (Å²) in [5, 5.41) is 0.162. The fraction of sp³-hybridized carbons (Fsp3) is 0.786. The molecule has 0 aliphatic heterocycles. The largest absolute Gasteiger partial charge is 0.461 e. The van der Waals surface area contributed by atoms with Gasteiger partial charge in [-0.3, -0.25) is 0 Å². The van der Waals surface area contributed by atoms with Crippen molar-refractivity contribution in [1.29, 1.82) is 0 Å². The molecule has 1 saturated carbocycles. The van der Waals surface area contributed by atoms with Crippen LogP contribution in [-0.4, -0.2) is 59.2 Å². The first kappa shape index (κ1) is 16.2. The summed E-state index contributed by atoms with van der Waals surface area (Å²) in [7, 11) is 6.23. The zero-order chi connectivity index (χ0) is 15.6. The van der Waals surface area contributed by atoms with Gasteiger partial charge in [0, 0.05) is 19.1 Å². The molecular weight excluding hydrogens is 290 g/mol. The van der Waals surface area contributed by atoms with Gasteiger partial charge in [-0.2, -0.15) is 15.0 Å². The van der Waals surface area contributed by atoms with Gasteiger partial charge >= 0.3 is 6.01 Å². The van der Waals surface area contributed by atoms with E-state index in [0.29, 0.717) is 5.95 Å². The van der Waals surface area contributed by atoms with Crippen LogP contribution < -0.4 is 9.64 Å². The van der Waals surface area contributed by atoms with Crippen molar-refractivity contribution in [2.45, 2.75) is 44.8 Å². The van der Waals surface area contributed by atoms with Crippen LogP contribution in [0.5, 0.6) is 6.01 Å². The van der Waals surface area contributed by atoms with Crippen LogP contribution in [-0.2, 0) is 0 Å². The Morgan fingerprint density at radius 2 is 1.86 bits per heavy atom. The third-order valence-corrected chi connectivity index (χ3v) is 4.19. The normalized spacial score (nSPS) is 17.0. The maximum Gasteiger partial charge on any atom is 0.322 e. The molecule has 0 atom stereocenters. The predicted octanol–water partition coefficient (Wildman–Crippen LogP) is 2.23. The molecule has 2 rings (SSSR count).